The van der Waals surface area contributed by atoms with Gasteiger partial charge in [0.05, 0.1) is 11.5 Å². The van der Waals surface area contributed by atoms with E-state index in [0.717, 1.165) is 11.3 Å². The van der Waals surface area contributed by atoms with Crippen LogP contribution in [0.3, 0.4) is 0 Å². The molecule has 0 fully saturated rings. The van der Waals surface area contributed by atoms with Gasteiger partial charge >= 0.3 is 0 Å². The van der Waals surface area contributed by atoms with Gasteiger partial charge in [-0.05, 0) is 30.2 Å². The molecule has 3 heteroatoms. The molecule has 0 radical (unpaired) electrons. The summed E-state index contributed by atoms with van der Waals surface area (Å²) >= 11 is 1.63. The third kappa shape index (κ3) is 2.39. The van der Waals surface area contributed by atoms with Gasteiger partial charge in [0.1, 0.15) is 0 Å². The van der Waals surface area contributed by atoms with Crippen molar-refractivity contribution in [3.8, 4) is 6.07 Å². The van der Waals surface area contributed by atoms with E-state index in [4.69, 9.17) is 5.11 Å². The predicted octanol–water partition coefficient (Wildman–Crippen LogP) is 2.94. The van der Waals surface area contributed by atoms with Crippen molar-refractivity contribution in [2.24, 2.45) is 5.92 Å². The number of hydrogen-bond donors (Lipinski definition) is 1. The van der Waals surface area contributed by atoms with E-state index in [0.29, 0.717) is 6.42 Å². The zero-order chi connectivity index (χ0) is 11.3. The number of aliphatic hydroxyl groups is 1. The highest BCUT2D eigenvalue weighted by Crippen LogP contribution is 2.38. The van der Waals surface area contributed by atoms with Crippen LogP contribution in [-0.2, 0) is 5.41 Å². The van der Waals surface area contributed by atoms with Crippen LogP contribution in [0.15, 0.2) is 17.5 Å². The quantitative estimate of drug-likeness (QED) is 0.834. The zero-order valence-electron chi connectivity index (χ0n) is 9.23. The number of thiophene rings is 1. The molecule has 1 unspecified atom stereocenters. The Labute approximate surface area is 95.2 Å². The summed E-state index contributed by atoms with van der Waals surface area (Å²) in [5, 5.41) is 20.3. The summed E-state index contributed by atoms with van der Waals surface area (Å²) < 4.78 is 0. The molecular formula is C12H17NOS. The molecule has 1 aromatic rings. The van der Waals surface area contributed by atoms with Crippen LogP contribution in [0.2, 0.25) is 0 Å². The second-order valence-corrected chi connectivity index (χ2v) is 4.99. The molecule has 0 aliphatic carbocycles. The van der Waals surface area contributed by atoms with Crippen LogP contribution in [0.5, 0.6) is 0 Å². The lowest BCUT2D eigenvalue weighted by molar-refractivity contribution is 0.258. The van der Waals surface area contributed by atoms with Crippen molar-refractivity contribution in [1.29, 1.82) is 5.26 Å². The number of hydrogen-bond acceptors (Lipinski definition) is 3. The normalized spacial score (nSPS) is 14.9. The molecule has 0 saturated carbocycles. The summed E-state index contributed by atoms with van der Waals surface area (Å²) in [7, 11) is 0. The Morgan fingerprint density at radius 3 is 2.73 bits per heavy atom. The van der Waals surface area contributed by atoms with E-state index in [1.54, 1.807) is 11.3 Å². The Morgan fingerprint density at radius 2 is 2.33 bits per heavy atom. The molecule has 1 rings (SSSR count). The summed E-state index contributed by atoms with van der Waals surface area (Å²) in [6.07, 6.45) is 1.42. The summed E-state index contributed by atoms with van der Waals surface area (Å²) in [4.78, 5) is 1.12. The first kappa shape index (κ1) is 12.2. The average molecular weight is 223 g/mol. The van der Waals surface area contributed by atoms with Crippen LogP contribution in [0, 0.1) is 17.2 Å². The highest BCUT2D eigenvalue weighted by atomic mass is 32.1. The van der Waals surface area contributed by atoms with Gasteiger partial charge in [0.2, 0.25) is 0 Å². The molecule has 0 aromatic carbocycles. The maximum atomic E-state index is 9.42. The second kappa shape index (κ2) is 5.29. The number of nitriles is 1. The first-order valence-electron chi connectivity index (χ1n) is 5.23. The molecule has 15 heavy (non-hydrogen) atoms. The summed E-state index contributed by atoms with van der Waals surface area (Å²) in [5.74, 6) is 0.271. The molecule has 2 nitrogen and oxygen atoms in total. The lowest BCUT2D eigenvalue weighted by atomic mass is 9.74. The predicted molar refractivity (Wildman–Crippen MR) is 62.8 cm³/mol. The average Bonchev–Trinajstić information content (AvgIpc) is 2.73. The smallest absolute Gasteiger partial charge is 0.0938 e. The highest BCUT2D eigenvalue weighted by molar-refractivity contribution is 7.10. The Balaban J connectivity index is 3.00. The number of nitrogens with zero attached hydrogens (tertiary/aromatic N) is 1. The molecule has 1 atom stereocenters. The fourth-order valence-corrected chi connectivity index (χ4v) is 2.88. The Bertz CT molecular complexity index is 326. The summed E-state index contributed by atoms with van der Waals surface area (Å²) in [5.41, 5.74) is -0.420. The molecule has 1 aromatic heterocycles. The van der Waals surface area contributed by atoms with Gasteiger partial charge in [-0.15, -0.1) is 11.3 Å². The SMILES string of the molecule is CC(C)C(C#N)(CCCO)c1cccs1. The van der Waals surface area contributed by atoms with Gasteiger partial charge in [-0.25, -0.2) is 0 Å². The van der Waals surface area contributed by atoms with E-state index < -0.39 is 5.41 Å². The van der Waals surface area contributed by atoms with Gasteiger partial charge in [0, 0.05) is 11.5 Å². The Hall–Kier alpha value is -0.850. The minimum absolute atomic E-state index is 0.154. The van der Waals surface area contributed by atoms with E-state index in [1.165, 1.54) is 0 Å². The van der Waals surface area contributed by atoms with Gasteiger partial charge in [0.25, 0.3) is 0 Å². The maximum Gasteiger partial charge on any atom is 0.0938 e. The number of rotatable bonds is 5. The van der Waals surface area contributed by atoms with Gasteiger partial charge in [-0.2, -0.15) is 5.26 Å². The molecule has 82 valence electrons. The molecule has 0 amide bonds. The van der Waals surface area contributed by atoms with Crippen LogP contribution in [-0.4, -0.2) is 11.7 Å². The molecule has 1 N–H and O–H groups in total. The lowest BCUT2D eigenvalue weighted by Gasteiger charge is -2.29. The molecule has 0 saturated heterocycles. The number of aliphatic hydroxyl groups excluding tert-OH is 1. The van der Waals surface area contributed by atoms with Crippen molar-refractivity contribution >= 4 is 11.3 Å². The van der Waals surface area contributed by atoms with E-state index in [9.17, 15) is 5.26 Å². The van der Waals surface area contributed by atoms with Crippen LogP contribution >= 0.6 is 11.3 Å². The van der Waals surface area contributed by atoms with E-state index >= 15 is 0 Å². The first-order valence-corrected chi connectivity index (χ1v) is 6.11. The fourth-order valence-electron chi connectivity index (χ4n) is 1.83. The van der Waals surface area contributed by atoms with Crippen molar-refractivity contribution in [3.05, 3.63) is 22.4 Å². The topological polar surface area (TPSA) is 44.0 Å². The fraction of sp³-hybridized carbons (Fsp3) is 0.583. The van der Waals surface area contributed by atoms with E-state index in [1.807, 2.05) is 17.5 Å². The van der Waals surface area contributed by atoms with E-state index in [2.05, 4.69) is 19.9 Å². The van der Waals surface area contributed by atoms with E-state index in [-0.39, 0.29) is 12.5 Å². The summed E-state index contributed by atoms with van der Waals surface area (Å²) in [6, 6.07) is 6.45. The van der Waals surface area contributed by atoms with Crippen molar-refractivity contribution in [2.45, 2.75) is 32.1 Å². The Kier molecular flexibility index (Phi) is 4.31. The minimum Gasteiger partial charge on any atom is -0.396 e. The first-order chi connectivity index (χ1) is 7.17. The van der Waals surface area contributed by atoms with Crippen LogP contribution in [0.1, 0.15) is 31.6 Å². The molecule has 0 aliphatic rings. The van der Waals surface area contributed by atoms with Gasteiger partial charge < -0.3 is 5.11 Å². The van der Waals surface area contributed by atoms with Crippen molar-refractivity contribution in [2.75, 3.05) is 6.61 Å². The largest absolute Gasteiger partial charge is 0.396 e. The summed E-state index contributed by atoms with van der Waals surface area (Å²) in [6.45, 7) is 4.29. The highest BCUT2D eigenvalue weighted by Gasteiger charge is 2.36. The molecular weight excluding hydrogens is 206 g/mol. The third-order valence-electron chi connectivity index (χ3n) is 2.88. The lowest BCUT2D eigenvalue weighted by Crippen LogP contribution is -2.30. The van der Waals surface area contributed by atoms with Crippen molar-refractivity contribution in [1.82, 2.24) is 0 Å². The van der Waals surface area contributed by atoms with Crippen LogP contribution in [0.25, 0.3) is 0 Å². The maximum absolute atomic E-state index is 9.42. The standard InChI is InChI=1S/C12H17NOS/c1-10(2)12(9-13,6-4-7-14)11-5-3-8-15-11/h3,5,8,10,14H,4,6-7H2,1-2H3. The monoisotopic (exact) mass is 223 g/mol. The molecule has 0 aliphatic heterocycles. The minimum atomic E-state index is -0.420. The third-order valence-corrected chi connectivity index (χ3v) is 3.92. The van der Waals surface area contributed by atoms with Gasteiger partial charge in [0.15, 0.2) is 0 Å². The van der Waals surface area contributed by atoms with Crippen LogP contribution in [0.4, 0.5) is 0 Å². The second-order valence-electron chi connectivity index (χ2n) is 4.04. The van der Waals surface area contributed by atoms with Crippen LogP contribution < -0.4 is 0 Å². The van der Waals surface area contributed by atoms with Crippen molar-refractivity contribution < 1.29 is 5.11 Å². The molecule has 0 spiro atoms. The zero-order valence-corrected chi connectivity index (χ0v) is 10.0. The van der Waals surface area contributed by atoms with Gasteiger partial charge in [-0.3, -0.25) is 0 Å². The molecule has 0 bridgehead atoms. The molecule has 1 heterocycles. The van der Waals surface area contributed by atoms with Gasteiger partial charge in [-0.1, -0.05) is 19.9 Å². The Morgan fingerprint density at radius 1 is 1.60 bits per heavy atom. The van der Waals surface area contributed by atoms with Crippen molar-refractivity contribution in [3.63, 3.8) is 0 Å².